The van der Waals surface area contributed by atoms with E-state index in [1.807, 2.05) is 12.1 Å². The molecule has 0 bridgehead atoms. The Morgan fingerprint density at radius 2 is 1.95 bits per heavy atom. The molecule has 0 saturated heterocycles. The number of halogens is 1. The van der Waals surface area contributed by atoms with Gasteiger partial charge < -0.3 is 11.1 Å². The van der Waals surface area contributed by atoms with Crippen LogP contribution in [0.1, 0.15) is 12.0 Å². The fourth-order valence-corrected chi connectivity index (χ4v) is 3.06. The third-order valence-electron chi connectivity index (χ3n) is 3.19. The van der Waals surface area contributed by atoms with Crippen LogP contribution in [0.15, 0.2) is 46.2 Å². The van der Waals surface area contributed by atoms with Crippen LogP contribution in [-0.4, -0.2) is 5.91 Å². The zero-order valence-corrected chi connectivity index (χ0v) is 11.5. The van der Waals surface area contributed by atoms with E-state index in [1.54, 1.807) is 18.2 Å². The number of aryl methyl sites for hydroxylation is 1. The van der Waals surface area contributed by atoms with Crippen molar-refractivity contribution >= 4 is 29.0 Å². The lowest BCUT2D eigenvalue weighted by atomic mass is 10.0. The van der Waals surface area contributed by atoms with Crippen molar-refractivity contribution in [1.82, 2.24) is 0 Å². The van der Waals surface area contributed by atoms with Crippen molar-refractivity contribution in [3.05, 3.63) is 47.8 Å². The van der Waals surface area contributed by atoms with Crippen LogP contribution >= 0.6 is 11.8 Å². The third-order valence-corrected chi connectivity index (χ3v) is 4.31. The van der Waals surface area contributed by atoms with Crippen molar-refractivity contribution in [3.8, 4) is 0 Å². The molecule has 0 saturated carbocycles. The summed E-state index contributed by atoms with van der Waals surface area (Å²) < 4.78 is 13.7. The summed E-state index contributed by atoms with van der Waals surface area (Å²) in [5.74, 6) is -0.275. The maximum absolute atomic E-state index is 13.7. The molecule has 1 amide bonds. The first-order valence-electron chi connectivity index (χ1n) is 6.28. The van der Waals surface area contributed by atoms with E-state index >= 15 is 0 Å². The zero-order valence-electron chi connectivity index (χ0n) is 10.7. The molecule has 3 rings (SSSR count). The van der Waals surface area contributed by atoms with E-state index in [4.69, 9.17) is 5.73 Å². The van der Waals surface area contributed by atoms with E-state index in [9.17, 15) is 9.18 Å². The molecule has 1 aliphatic heterocycles. The molecule has 0 aliphatic carbocycles. The minimum Gasteiger partial charge on any atom is -0.398 e. The van der Waals surface area contributed by atoms with Crippen molar-refractivity contribution in [2.75, 3.05) is 11.1 Å². The molecule has 1 aliphatic rings. The van der Waals surface area contributed by atoms with E-state index in [0.717, 1.165) is 16.1 Å². The number of hydrogen-bond acceptors (Lipinski definition) is 3. The molecule has 1 heterocycles. The predicted molar refractivity (Wildman–Crippen MR) is 78.3 cm³/mol. The highest BCUT2D eigenvalue weighted by atomic mass is 32.2. The molecular formula is C15H13FN2OS. The number of hydrogen-bond donors (Lipinski definition) is 2. The summed E-state index contributed by atoms with van der Waals surface area (Å²) >= 11 is 1.26. The number of nitrogen functional groups attached to an aromatic ring is 1. The van der Waals surface area contributed by atoms with Crippen molar-refractivity contribution in [3.63, 3.8) is 0 Å². The summed E-state index contributed by atoms with van der Waals surface area (Å²) in [6.07, 6.45) is 1.17. The second-order valence-corrected chi connectivity index (χ2v) is 5.71. The van der Waals surface area contributed by atoms with E-state index in [2.05, 4.69) is 5.32 Å². The standard InChI is InChI=1S/C15H13FN2OS/c16-10-3-1-2-4-13(10)20-14-8-12-9(7-11(14)17)5-6-15(19)18-12/h1-4,7-8H,5-6,17H2,(H,18,19). The Bertz CT molecular complexity index is 688. The molecular weight excluding hydrogens is 275 g/mol. The van der Waals surface area contributed by atoms with Crippen LogP contribution in [0.25, 0.3) is 0 Å². The summed E-state index contributed by atoms with van der Waals surface area (Å²) in [5, 5.41) is 2.83. The second-order valence-electron chi connectivity index (χ2n) is 4.63. The van der Waals surface area contributed by atoms with Crippen molar-refractivity contribution in [2.45, 2.75) is 22.6 Å². The van der Waals surface area contributed by atoms with E-state index in [0.29, 0.717) is 23.4 Å². The van der Waals surface area contributed by atoms with Gasteiger partial charge in [-0.3, -0.25) is 4.79 Å². The maximum Gasteiger partial charge on any atom is 0.224 e. The van der Waals surface area contributed by atoms with Crippen LogP contribution in [0, 0.1) is 5.82 Å². The minimum absolute atomic E-state index is 0.00381. The van der Waals surface area contributed by atoms with Gasteiger partial charge in [0.05, 0.1) is 0 Å². The lowest BCUT2D eigenvalue weighted by Crippen LogP contribution is -2.19. The lowest BCUT2D eigenvalue weighted by Gasteiger charge is -2.19. The number of benzene rings is 2. The quantitative estimate of drug-likeness (QED) is 0.832. The van der Waals surface area contributed by atoms with Crippen molar-refractivity contribution in [1.29, 1.82) is 0 Å². The Kier molecular flexibility index (Phi) is 3.36. The summed E-state index contributed by atoms with van der Waals surface area (Å²) in [7, 11) is 0. The Labute approximate surface area is 120 Å². The van der Waals surface area contributed by atoms with Crippen molar-refractivity contribution in [2.24, 2.45) is 0 Å². The van der Waals surface area contributed by atoms with Gasteiger partial charge in [-0.1, -0.05) is 23.9 Å². The Balaban J connectivity index is 1.96. The Morgan fingerprint density at radius 3 is 2.75 bits per heavy atom. The first-order chi connectivity index (χ1) is 9.63. The highest BCUT2D eigenvalue weighted by Gasteiger charge is 2.17. The number of carbonyl (C=O) groups is 1. The van der Waals surface area contributed by atoms with Gasteiger partial charge in [-0.2, -0.15) is 0 Å². The van der Waals surface area contributed by atoms with Crippen LogP contribution in [-0.2, 0) is 11.2 Å². The topological polar surface area (TPSA) is 55.1 Å². The third kappa shape index (κ3) is 2.49. The largest absolute Gasteiger partial charge is 0.398 e. The summed E-state index contributed by atoms with van der Waals surface area (Å²) in [5.41, 5.74) is 8.43. The Hall–Kier alpha value is -2.01. The molecule has 0 spiro atoms. The fraction of sp³-hybridized carbons (Fsp3) is 0.133. The smallest absolute Gasteiger partial charge is 0.224 e. The first kappa shape index (κ1) is 13.0. The number of fused-ring (bicyclic) bond motifs is 1. The molecule has 0 atom stereocenters. The first-order valence-corrected chi connectivity index (χ1v) is 7.10. The minimum atomic E-state index is -0.279. The van der Waals surface area contributed by atoms with Crippen molar-refractivity contribution < 1.29 is 9.18 Å². The van der Waals surface area contributed by atoms with Gasteiger partial charge in [-0.25, -0.2) is 4.39 Å². The Morgan fingerprint density at radius 1 is 1.15 bits per heavy atom. The van der Waals surface area contributed by atoms with Gasteiger partial charge in [0.2, 0.25) is 5.91 Å². The zero-order chi connectivity index (χ0) is 14.1. The SMILES string of the molecule is Nc1cc2c(cc1Sc1ccccc1F)NC(=O)CC2. The van der Waals surface area contributed by atoms with Gasteiger partial charge in [0.25, 0.3) is 0 Å². The monoisotopic (exact) mass is 288 g/mol. The summed E-state index contributed by atoms with van der Waals surface area (Å²) in [6.45, 7) is 0. The normalized spacial score (nSPS) is 13.8. The average Bonchev–Trinajstić information content (AvgIpc) is 2.42. The molecule has 20 heavy (non-hydrogen) atoms. The molecule has 0 fully saturated rings. The number of nitrogens with one attached hydrogen (secondary N) is 1. The van der Waals surface area contributed by atoms with Crippen LogP contribution in [0.5, 0.6) is 0 Å². The number of anilines is 2. The van der Waals surface area contributed by atoms with Gasteiger partial charge in [-0.05, 0) is 36.2 Å². The van der Waals surface area contributed by atoms with Gasteiger partial charge in [0, 0.05) is 27.6 Å². The van der Waals surface area contributed by atoms with E-state index in [-0.39, 0.29) is 11.7 Å². The lowest BCUT2D eigenvalue weighted by molar-refractivity contribution is -0.116. The van der Waals surface area contributed by atoms with E-state index in [1.165, 1.54) is 17.8 Å². The van der Waals surface area contributed by atoms with Gasteiger partial charge in [0.15, 0.2) is 0 Å². The van der Waals surface area contributed by atoms with Crippen LogP contribution in [0.2, 0.25) is 0 Å². The molecule has 0 radical (unpaired) electrons. The fourth-order valence-electron chi connectivity index (χ4n) is 2.16. The maximum atomic E-state index is 13.7. The molecule has 2 aromatic carbocycles. The molecule has 0 unspecified atom stereocenters. The van der Waals surface area contributed by atoms with Gasteiger partial charge >= 0.3 is 0 Å². The number of amides is 1. The molecule has 0 aromatic heterocycles. The second kappa shape index (κ2) is 5.17. The summed E-state index contributed by atoms with van der Waals surface area (Å²) in [6, 6.07) is 10.2. The highest BCUT2D eigenvalue weighted by Crippen LogP contribution is 2.38. The number of rotatable bonds is 2. The highest BCUT2D eigenvalue weighted by molar-refractivity contribution is 7.99. The molecule has 3 nitrogen and oxygen atoms in total. The van der Waals surface area contributed by atoms with Gasteiger partial charge in [-0.15, -0.1) is 0 Å². The molecule has 5 heteroatoms. The predicted octanol–water partition coefficient (Wildman–Crippen LogP) is 3.44. The van der Waals surface area contributed by atoms with Crippen LogP contribution in [0.3, 0.4) is 0 Å². The number of nitrogens with two attached hydrogens (primary N) is 1. The number of carbonyl (C=O) groups excluding carboxylic acids is 1. The molecule has 102 valence electrons. The molecule has 3 N–H and O–H groups in total. The van der Waals surface area contributed by atoms with Crippen LogP contribution in [0.4, 0.5) is 15.8 Å². The van der Waals surface area contributed by atoms with Gasteiger partial charge in [0.1, 0.15) is 5.82 Å². The molecule has 2 aromatic rings. The van der Waals surface area contributed by atoms with Crippen LogP contribution < -0.4 is 11.1 Å². The van der Waals surface area contributed by atoms with E-state index < -0.39 is 0 Å². The average molecular weight is 288 g/mol. The summed E-state index contributed by atoms with van der Waals surface area (Å²) in [4.78, 5) is 12.7.